The number of ether oxygens (including phenoxy) is 1. The number of aliphatic hydroxyl groups is 1. The highest BCUT2D eigenvalue weighted by atomic mass is 16.6. The number of carbonyl (C=O) groups excluding carboxylic acids is 1. The number of rotatable bonds is 6. The van der Waals surface area contributed by atoms with Crippen LogP contribution in [-0.2, 0) is 17.4 Å². The highest BCUT2D eigenvalue weighted by molar-refractivity contribution is 5.70. The van der Waals surface area contributed by atoms with E-state index in [4.69, 9.17) is 4.74 Å². The van der Waals surface area contributed by atoms with E-state index in [1.807, 2.05) is 73.8 Å². The zero-order valence-electron chi connectivity index (χ0n) is 20.7. The fraction of sp³-hybridized carbons (Fsp3) is 0.357. The Morgan fingerprint density at radius 2 is 1.63 bits per heavy atom. The minimum atomic E-state index is -0.985. The largest absolute Gasteiger partial charge is 0.438 e. The Morgan fingerprint density at radius 1 is 1.00 bits per heavy atom. The van der Waals surface area contributed by atoms with Crippen LogP contribution in [0.1, 0.15) is 50.8 Å². The maximum atomic E-state index is 13.2. The van der Waals surface area contributed by atoms with Crippen molar-refractivity contribution < 1.29 is 20.1 Å². The standard InChI is InChI=1S/C28H32N2O4.H2O/c1-20(21-10-12-22(13-11-21)23-14-15-25(31)29(4)18-23)30-17-16-28(34-26(30)32,19-27(2,3)33)24-8-6-5-7-9-24;/h5-15,18,20,33H,16-17,19H2,1-4H3;1H2/t20-,28-;/m0./s1. The molecule has 3 aromatic rings. The van der Waals surface area contributed by atoms with Gasteiger partial charge in [-0.1, -0.05) is 54.6 Å². The van der Waals surface area contributed by atoms with Gasteiger partial charge >= 0.3 is 6.09 Å². The Hall–Kier alpha value is -3.42. The van der Waals surface area contributed by atoms with E-state index in [1.54, 1.807) is 36.4 Å². The molecule has 1 aromatic heterocycles. The molecule has 2 atom stereocenters. The topological polar surface area (TPSA) is 103 Å². The highest BCUT2D eigenvalue weighted by Crippen LogP contribution is 2.42. The van der Waals surface area contributed by atoms with Crippen molar-refractivity contribution in [2.45, 2.75) is 50.9 Å². The van der Waals surface area contributed by atoms with Crippen LogP contribution in [0.3, 0.4) is 0 Å². The van der Waals surface area contributed by atoms with E-state index >= 15 is 0 Å². The summed E-state index contributed by atoms with van der Waals surface area (Å²) in [4.78, 5) is 26.6. The van der Waals surface area contributed by atoms with Gasteiger partial charge in [0.15, 0.2) is 0 Å². The van der Waals surface area contributed by atoms with Crippen LogP contribution in [0.4, 0.5) is 4.79 Å². The van der Waals surface area contributed by atoms with Crippen molar-refractivity contribution in [3.05, 3.63) is 94.4 Å². The van der Waals surface area contributed by atoms with Crippen molar-refractivity contribution in [3.8, 4) is 11.1 Å². The first-order valence-corrected chi connectivity index (χ1v) is 11.6. The number of aromatic nitrogens is 1. The molecule has 0 bridgehead atoms. The number of cyclic esters (lactones) is 1. The molecule has 3 N–H and O–H groups in total. The Morgan fingerprint density at radius 3 is 2.20 bits per heavy atom. The molecule has 7 heteroatoms. The van der Waals surface area contributed by atoms with E-state index in [0.717, 1.165) is 22.3 Å². The van der Waals surface area contributed by atoms with Gasteiger partial charge in [-0.3, -0.25) is 4.79 Å². The number of carbonyl (C=O) groups is 1. The molecule has 1 fully saturated rings. The number of benzene rings is 2. The Bertz CT molecular complexity index is 1210. The Labute approximate surface area is 205 Å². The normalized spacial score (nSPS) is 19.0. The molecule has 0 spiro atoms. The molecule has 2 heterocycles. The molecule has 4 rings (SSSR count). The zero-order valence-corrected chi connectivity index (χ0v) is 20.7. The van der Waals surface area contributed by atoms with Gasteiger partial charge in [-0.15, -0.1) is 0 Å². The van der Waals surface area contributed by atoms with Crippen LogP contribution < -0.4 is 5.56 Å². The van der Waals surface area contributed by atoms with E-state index in [9.17, 15) is 14.7 Å². The number of nitrogens with zero attached hydrogens (tertiary/aromatic N) is 2. The average Bonchev–Trinajstić information content (AvgIpc) is 2.80. The van der Waals surface area contributed by atoms with Gasteiger partial charge in [-0.25, -0.2) is 4.79 Å². The smallest absolute Gasteiger partial charge is 0.411 e. The summed E-state index contributed by atoms with van der Waals surface area (Å²) < 4.78 is 7.66. The molecule has 186 valence electrons. The van der Waals surface area contributed by atoms with Gasteiger partial charge in [0.25, 0.3) is 0 Å². The predicted molar refractivity (Wildman–Crippen MR) is 136 cm³/mol. The first-order chi connectivity index (χ1) is 16.1. The van der Waals surface area contributed by atoms with Gasteiger partial charge in [-0.05, 0) is 49.1 Å². The molecule has 1 amide bonds. The molecule has 1 saturated heterocycles. The molecular formula is C28H34N2O5. The lowest BCUT2D eigenvalue weighted by atomic mass is 9.80. The molecule has 0 saturated carbocycles. The van der Waals surface area contributed by atoms with Crippen molar-refractivity contribution in [1.82, 2.24) is 9.47 Å². The third-order valence-electron chi connectivity index (χ3n) is 6.57. The summed E-state index contributed by atoms with van der Waals surface area (Å²) >= 11 is 0. The molecule has 0 radical (unpaired) electrons. The van der Waals surface area contributed by atoms with Crippen LogP contribution in [0.15, 0.2) is 77.7 Å². The van der Waals surface area contributed by atoms with Gasteiger partial charge < -0.3 is 24.8 Å². The maximum absolute atomic E-state index is 13.2. The van der Waals surface area contributed by atoms with Gasteiger partial charge in [0.05, 0.1) is 11.6 Å². The third kappa shape index (κ3) is 5.63. The van der Waals surface area contributed by atoms with E-state index < -0.39 is 11.2 Å². The van der Waals surface area contributed by atoms with Crippen LogP contribution in [0, 0.1) is 0 Å². The van der Waals surface area contributed by atoms with E-state index in [-0.39, 0.29) is 23.2 Å². The van der Waals surface area contributed by atoms with E-state index in [0.29, 0.717) is 19.4 Å². The maximum Gasteiger partial charge on any atom is 0.411 e. The monoisotopic (exact) mass is 478 g/mol. The summed E-state index contributed by atoms with van der Waals surface area (Å²) in [6.45, 7) is 6.00. The lowest BCUT2D eigenvalue weighted by molar-refractivity contribution is -0.101. The number of hydrogen-bond donors (Lipinski definition) is 1. The van der Waals surface area contributed by atoms with Crippen LogP contribution >= 0.6 is 0 Å². The highest BCUT2D eigenvalue weighted by Gasteiger charge is 2.46. The van der Waals surface area contributed by atoms with E-state index in [2.05, 4.69) is 0 Å². The molecule has 7 nitrogen and oxygen atoms in total. The second kappa shape index (κ2) is 10.1. The molecule has 1 aliphatic heterocycles. The quantitative estimate of drug-likeness (QED) is 0.574. The molecule has 2 aromatic carbocycles. The first-order valence-electron chi connectivity index (χ1n) is 11.6. The van der Waals surface area contributed by atoms with Gasteiger partial charge in [-0.2, -0.15) is 0 Å². The fourth-order valence-electron chi connectivity index (χ4n) is 4.79. The molecule has 1 aliphatic rings. The Balaban J connectivity index is 0.00000342. The SMILES string of the molecule is C[C@@H](c1ccc(-c2ccc(=O)n(C)c2)cc1)N1CC[C@](CC(C)(C)O)(c2ccccc2)OC1=O.O. The second-order valence-corrected chi connectivity index (χ2v) is 9.83. The van der Waals surface area contributed by atoms with Crippen molar-refractivity contribution in [1.29, 1.82) is 0 Å². The average molecular weight is 479 g/mol. The summed E-state index contributed by atoms with van der Waals surface area (Å²) in [5.74, 6) is 0. The molecule has 0 unspecified atom stereocenters. The van der Waals surface area contributed by atoms with Crippen molar-refractivity contribution in [3.63, 3.8) is 0 Å². The summed E-state index contributed by atoms with van der Waals surface area (Å²) in [6, 6.07) is 20.9. The van der Waals surface area contributed by atoms with Gasteiger partial charge in [0.2, 0.25) is 5.56 Å². The van der Waals surface area contributed by atoms with Crippen LogP contribution in [0.25, 0.3) is 11.1 Å². The minimum Gasteiger partial charge on any atom is -0.438 e. The summed E-state index contributed by atoms with van der Waals surface area (Å²) in [5.41, 5.74) is 1.97. The number of aryl methyl sites for hydroxylation is 1. The third-order valence-corrected chi connectivity index (χ3v) is 6.57. The van der Waals surface area contributed by atoms with Crippen LogP contribution in [0.2, 0.25) is 0 Å². The number of pyridine rings is 1. The first kappa shape index (κ1) is 26.2. The van der Waals surface area contributed by atoms with Crippen molar-refractivity contribution >= 4 is 6.09 Å². The minimum absolute atomic E-state index is 0. The van der Waals surface area contributed by atoms with Gasteiger partial charge in [0.1, 0.15) is 5.60 Å². The lowest BCUT2D eigenvalue weighted by Crippen LogP contribution is -2.51. The van der Waals surface area contributed by atoms with Gasteiger partial charge in [0, 0.05) is 38.7 Å². The summed E-state index contributed by atoms with van der Waals surface area (Å²) in [6.07, 6.45) is 2.35. The predicted octanol–water partition coefficient (Wildman–Crippen LogP) is 4.19. The molecule has 0 aliphatic carbocycles. The lowest BCUT2D eigenvalue weighted by Gasteiger charge is -2.45. The molecular weight excluding hydrogens is 444 g/mol. The zero-order chi connectivity index (χ0) is 24.5. The van der Waals surface area contributed by atoms with Crippen molar-refractivity contribution in [2.75, 3.05) is 6.54 Å². The fourth-order valence-corrected chi connectivity index (χ4v) is 4.79. The Kier molecular flexibility index (Phi) is 7.53. The second-order valence-electron chi connectivity index (χ2n) is 9.83. The van der Waals surface area contributed by atoms with E-state index in [1.165, 1.54) is 0 Å². The number of amides is 1. The summed E-state index contributed by atoms with van der Waals surface area (Å²) in [5, 5.41) is 10.6. The summed E-state index contributed by atoms with van der Waals surface area (Å²) in [7, 11) is 1.73. The number of hydrogen-bond acceptors (Lipinski definition) is 4. The van der Waals surface area contributed by atoms with Crippen LogP contribution in [0.5, 0.6) is 0 Å². The van der Waals surface area contributed by atoms with Crippen LogP contribution in [-0.4, -0.2) is 38.3 Å². The van der Waals surface area contributed by atoms with Crippen molar-refractivity contribution in [2.24, 2.45) is 7.05 Å². The molecule has 35 heavy (non-hydrogen) atoms.